The van der Waals surface area contributed by atoms with Crippen LogP contribution in [-0.4, -0.2) is 37.7 Å². The molecule has 0 radical (unpaired) electrons. The summed E-state index contributed by atoms with van der Waals surface area (Å²) in [7, 11) is 0. The molecule has 1 fully saturated rings. The van der Waals surface area contributed by atoms with Crippen LogP contribution >= 0.6 is 0 Å². The van der Waals surface area contributed by atoms with Crippen LogP contribution in [0, 0.1) is 0 Å². The predicted molar refractivity (Wildman–Crippen MR) is 67.3 cm³/mol. The smallest absolute Gasteiger partial charge is 0.0598 e. The highest BCUT2D eigenvalue weighted by atomic mass is 15.6. The van der Waals surface area contributed by atoms with Crippen molar-refractivity contribution in [1.29, 1.82) is 0 Å². The highest BCUT2D eigenvalue weighted by Crippen LogP contribution is 2.26. The third-order valence-electron chi connectivity index (χ3n) is 3.23. The minimum Gasteiger partial charge on any atom is -0.314 e. The van der Waals surface area contributed by atoms with E-state index in [9.17, 15) is 0 Å². The monoisotopic (exact) mass is 215 g/mol. The van der Waals surface area contributed by atoms with Crippen molar-refractivity contribution in [3.63, 3.8) is 0 Å². The molecule has 84 valence electrons. The number of hydrogen-bond acceptors (Lipinski definition) is 3. The molecule has 1 saturated heterocycles. The maximum Gasteiger partial charge on any atom is 0.0598 e. The van der Waals surface area contributed by atoms with E-state index in [1.165, 1.54) is 11.3 Å². The molecule has 3 nitrogen and oxygen atoms in total. The third-order valence-corrected chi connectivity index (χ3v) is 3.23. The first-order valence-electron chi connectivity index (χ1n) is 5.94. The summed E-state index contributed by atoms with van der Waals surface area (Å²) in [5.41, 5.74) is 2.67. The van der Waals surface area contributed by atoms with E-state index in [1.54, 1.807) is 0 Å². The van der Waals surface area contributed by atoms with Gasteiger partial charge >= 0.3 is 0 Å². The molecule has 0 saturated carbocycles. The molecule has 1 N–H and O–H groups in total. The van der Waals surface area contributed by atoms with Gasteiger partial charge in [0.15, 0.2) is 0 Å². The summed E-state index contributed by atoms with van der Waals surface area (Å²) in [6.07, 6.45) is 4.46. The summed E-state index contributed by atoms with van der Waals surface area (Å²) in [5, 5.41) is 8.23. The van der Waals surface area contributed by atoms with Crippen molar-refractivity contribution in [1.82, 2.24) is 10.3 Å². The molecule has 1 aromatic rings. The Bertz CT molecular complexity index is 394. The zero-order valence-electron chi connectivity index (χ0n) is 9.39. The van der Waals surface area contributed by atoms with Crippen molar-refractivity contribution in [2.45, 2.75) is 0 Å². The molecule has 0 unspecified atom stereocenters. The van der Waals surface area contributed by atoms with Crippen LogP contribution in [0.25, 0.3) is 6.08 Å². The number of hydrogen-bond donors (Lipinski definition) is 1. The highest BCUT2D eigenvalue weighted by molar-refractivity contribution is 5.70. The van der Waals surface area contributed by atoms with Gasteiger partial charge in [-0.25, -0.2) is 5.01 Å². The van der Waals surface area contributed by atoms with E-state index in [0.29, 0.717) is 0 Å². The average Bonchev–Trinajstić information content (AvgIpc) is 2.39. The van der Waals surface area contributed by atoms with Gasteiger partial charge in [0.25, 0.3) is 0 Å². The standard InChI is InChI=1S/C13H17N3/c1-2-6-13-12(4-1)5-3-9-16(13)15-10-7-14-8-11-15/h1-6,14H,7-11H2. The largest absolute Gasteiger partial charge is 0.314 e. The Hall–Kier alpha value is -1.32. The fourth-order valence-corrected chi connectivity index (χ4v) is 2.40. The summed E-state index contributed by atoms with van der Waals surface area (Å²) in [6, 6.07) is 8.61. The van der Waals surface area contributed by atoms with Gasteiger partial charge in [-0.05, 0) is 11.6 Å². The van der Waals surface area contributed by atoms with Crippen LogP contribution in [-0.2, 0) is 0 Å². The van der Waals surface area contributed by atoms with Gasteiger partial charge in [-0.3, -0.25) is 0 Å². The SMILES string of the molecule is C1=Cc2ccccc2N(N2CCNCC2)C1. The van der Waals surface area contributed by atoms with Crippen LogP contribution in [0.2, 0.25) is 0 Å². The van der Waals surface area contributed by atoms with Crippen LogP contribution in [0.15, 0.2) is 30.3 Å². The number of benzene rings is 1. The fourth-order valence-electron chi connectivity index (χ4n) is 2.40. The Balaban J connectivity index is 1.88. The molecule has 0 spiro atoms. The van der Waals surface area contributed by atoms with Gasteiger partial charge in [-0.15, -0.1) is 0 Å². The molecule has 0 bridgehead atoms. The Kier molecular flexibility index (Phi) is 2.64. The van der Waals surface area contributed by atoms with E-state index in [2.05, 4.69) is 51.8 Å². The van der Waals surface area contributed by atoms with Gasteiger partial charge < -0.3 is 10.3 Å². The molecule has 0 aromatic heterocycles. The van der Waals surface area contributed by atoms with Crippen LogP contribution in [0.3, 0.4) is 0 Å². The van der Waals surface area contributed by atoms with Gasteiger partial charge in [0.05, 0.1) is 12.2 Å². The van der Waals surface area contributed by atoms with E-state index >= 15 is 0 Å². The molecule has 2 aliphatic heterocycles. The first-order valence-corrected chi connectivity index (χ1v) is 5.94. The quantitative estimate of drug-likeness (QED) is 0.762. The minimum atomic E-state index is 0.997. The Morgan fingerprint density at radius 2 is 1.88 bits per heavy atom. The molecule has 0 atom stereocenters. The lowest BCUT2D eigenvalue weighted by Gasteiger charge is -2.40. The summed E-state index contributed by atoms with van der Waals surface area (Å²) in [5.74, 6) is 0. The number of nitrogens with zero attached hydrogens (tertiary/aromatic N) is 2. The summed E-state index contributed by atoms with van der Waals surface area (Å²) < 4.78 is 0. The molecule has 16 heavy (non-hydrogen) atoms. The normalized spacial score (nSPS) is 20.9. The Labute approximate surface area is 96.3 Å². The molecule has 3 heteroatoms. The van der Waals surface area contributed by atoms with Crippen molar-refractivity contribution < 1.29 is 0 Å². The van der Waals surface area contributed by atoms with Gasteiger partial charge in [-0.2, -0.15) is 0 Å². The molecule has 2 aliphatic rings. The van der Waals surface area contributed by atoms with Gasteiger partial charge in [0, 0.05) is 26.2 Å². The van der Waals surface area contributed by atoms with Crippen LogP contribution < -0.4 is 10.3 Å². The molecule has 1 aromatic carbocycles. The summed E-state index contributed by atoms with van der Waals surface area (Å²) in [4.78, 5) is 0. The minimum absolute atomic E-state index is 0.997. The van der Waals surface area contributed by atoms with Gasteiger partial charge in [0.2, 0.25) is 0 Å². The Morgan fingerprint density at radius 3 is 2.75 bits per heavy atom. The molecule has 0 amide bonds. The number of rotatable bonds is 1. The van der Waals surface area contributed by atoms with Gasteiger partial charge in [0.1, 0.15) is 0 Å². The molecule has 0 aliphatic carbocycles. The van der Waals surface area contributed by atoms with E-state index in [0.717, 1.165) is 32.7 Å². The van der Waals surface area contributed by atoms with Crippen molar-refractivity contribution in [3.05, 3.63) is 35.9 Å². The number of anilines is 1. The summed E-state index contributed by atoms with van der Waals surface area (Å²) in [6.45, 7) is 5.37. The highest BCUT2D eigenvalue weighted by Gasteiger charge is 2.20. The Morgan fingerprint density at radius 1 is 1.06 bits per heavy atom. The fraction of sp³-hybridized carbons (Fsp3) is 0.385. The number of hydrazine groups is 1. The molecule has 2 heterocycles. The van der Waals surface area contributed by atoms with Crippen LogP contribution in [0.1, 0.15) is 5.56 Å². The number of para-hydroxylation sites is 1. The maximum absolute atomic E-state index is 3.39. The molecular formula is C13H17N3. The lowest BCUT2D eigenvalue weighted by atomic mass is 10.1. The van der Waals surface area contributed by atoms with Crippen molar-refractivity contribution in [2.75, 3.05) is 37.7 Å². The topological polar surface area (TPSA) is 18.5 Å². The third kappa shape index (κ3) is 1.72. The second-order valence-corrected chi connectivity index (χ2v) is 4.25. The van der Waals surface area contributed by atoms with E-state index in [4.69, 9.17) is 0 Å². The zero-order chi connectivity index (χ0) is 10.8. The zero-order valence-corrected chi connectivity index (χ0v) is 9.39. The van der Waals surface area contributed by atoms with E-state index < -0.39 is 0 Å². The lowest BCUT2D eigenvalue weighted by molar-refractivity contribution is 0.225. The van der Waals surface area contributed by atoms with Crippen LogP contribution in [0.5, 0.6) is 0 Å². The predicted octanol–water partition coefficient (Wildman–Crippen LogP) is 1.34. The average molecular weight is 215 g/mol. The number of fused-ring (bicyclic) bond motifs is 1. The molecule has 3 rings (SSSR count). The maximum atomic E-state index is 3.39. The first kappa shape index (κ1) is 9.87. The number of piperazine rings is 1. The summed E-state index contributed by atoms with van der Waals surface area (Å²) >= 11 is 0. The van der Waals surface area contributed by atoms with Gasteiger partial charge in [-0.1, -0.05) is 30.4 Å². The second-order valence-electron chi connectivity index (χ2n) is 4.25. The first-order chi connectivity index (χ1) is 7.95. The van der Waals surface area contributed by atoms with E-state index in [-0.39, 0.29) is 0 Å². The van der Waals surface area contributed by atoms with Crippen molar-refractivity contribution in [2.24, 2.45) is 0 Å². The molecular weight excluding hydrogens is 198 g/mol. The van der Waals surface area contributed by atoms with Crippen molar-refractivity contribution in [3.8, 4) is 0 Å². The van der Waals surface area contributed by atoms with Crippen molar-refractivity contribution >= 4 is 11.8 Å². The number of nitrogens with one attached hydrogen (secondary N) is 1. The van der Waals surface area contributed by atoms with Crippen LogP contribution in [0.4, 0.5) is 5.69 Å². The van der Waals surface area contributed by atoms with E-state index in [1.807, 2.05) is 0 Å². The second kappa shape index (κ2) is 4.28. The lowest BCUT2D eigenvalue weighted by Crippen LogP contribution is -2.53.